The van der Waals surface area contributed by atoms with Crippen molar-refractivity contribution >= 4 is 13.1 Å². The maximum Gasteiger partial charge on any atom is 0.300 e. The number of carbonyl (C=O) groups is 1. The average Bonchev–Trinajstić information content (AvgIpc) is 2.10. The first-order chi connectivity index (χ1) is 8.91. The fourth-order valence-corrected chi connectivity index (χ4v) is 1.83. The Morgan fingerprint density at radius 2 is 1.75 bits per heavy atom. The van der Waals surface area contributed by atoms with E-state index in [9.17, 15) is 9.90 Å². The van der Waals surface area contributed by atoms with E-state index < -0.39 is 11.1 Å². The number of hydrogen-bond donors (Lipinski definition) is 1. The monoisotopic (exact) mass is 285 g/mol. The van der Waals surface area contributed by atoms with Gasteiger partial charge in [0.25, 0.3) is 0 Å². The molecule has 20 heavy (non-hydrogen) atoms. The predicted octanol–water partition coefficient (Wildman–Crippen LogP) is 3.18. The van der Waals surface area contributed by atoms with Crippen LogP contribution in [0.1, 0.15) is 61.3 Å². The summed E-state index contributed by atoms with van der Waals surface area (Å²) in [6.07, 6.45) is 1.27. The lowest BCUT2D eigenvalue weighted by Crippen LogP contribution is -2.39. The van der Waals surface area contributed by atoms with E-state index in [4.69, 9.17) is 9.47 Å². The van der Waals surface area contributed by atoms with Crippen LogP contribution in [-0.4, -0.2) is 42.1 Å². The summed E-state index contributed by atoms with van der Waals surface area (Å²) in [6, 6.07) is 0. The summed E-state index contributed by atoms with van der Waals surface area (Å²) in [5.74, 6) is 0.139. The van der Waals surface area contributed by atoms with Gasteiger partial charge in [0.2, 0.25) is 5.87 Å². The van der Waals surface area contributed by atoms with E-state index in [-0.39, 0.29) is 12.0 Å². The van der Waals surface area contributed by atoms with Gasteiger partial charge in [-0.2, -0.15) is 0 Å². The van der Waals surface area contributed by atoms with Crippen LogP contribution in [-0.2, 0) is 9.47 Å². The highest BCUT2D eigenvalue weighted by molar-refractivity contribution is 6.74. The lowest BCUT2D eigenvalue weighted by molar-refractivity contribution is -0.00777. The number of rotatable bonds is 9. The number of ether oxygens (including phenoxy) is 2. The first kappa shape index (κ1) is 19.5. The maximum atomic E-state index is 11.8. The average molecular weight is 285 g/mol. The van der Waals surface area contributed by atoms with E-state index in [0.29, 0.717) is 18.9 Å². The molecule has 0 heterocycles. The van der Waals surface area contributed by atoms with Crippen molar-refractivity contribution in [2.75, 3.05) is 6.61 Å². The fourth-order valence-electron chi connectivity index (χ4n) is 1.83. The van der Waals surface area contributed by atoms with Gasteiger partial charge >= 0.3 is 7.28 Å². The summed E-state index contributed by atoms with van der Waals surface area (Å²) in [5.41, 5.74) is -1.46. The highest BCUT2D eigenvalue weighted by atomic mass is 16.5. The third-order valence-corrected chi connectivity index (χ3v) is 2.77. The SMILES string of the molecule is CC(C)CC(C)OC(=O)[B]C(C)(C)OCCC(C)(C)O. The van der Waals surface area contributed by atoms with Gasteiger partial charge in [0.1, 0.15) is 0 Å². The Kier molecular flexibility index (Phi) is 7.82. The summed E-state index contributed by atoms with van der Waals surface area (Å²) in [5, 5.41) is 9.62. The van der Waals surface area contributed by atoms with E-state index in [1.807, 2.05) is 20.8 Å². The summed E-state index contributed by atoms with van der Waals surface area (Å²) < 4.78 is 10.9. The van der Waals surface area contributed by atoms with Crippen LogP contribution >= 0.6 is 0 Å². The van der Waals surface area contributed by atoms with E-state index in [0.717, 1.165) is 6.42 Å². The first-order valence-electron chi connectivity index (χ1n) is 7.34. The van der Waals surface area contributed by atoms with Gasteiger partial charge in [0, 0.05) is 12.1 Å². The molecule has 0 amide bonds. The Morgan fingerprint density at radius 3 is 2.20 bits per heavy atom. The summed E-state index contributed by atoms with van der Waals surface area (Å²) in [6.45, 7) is 13.6. The van der Waals surface area contributed by atoms with Gasteiger partial charge in [-0.1, -0.05) is 13.8 Å². The van der Waals surface area contributed by atoms with Gasteiger partial charge in [0.05, 0.1) is 11.7 Å². The molecule has 0 aromatic heterocycles. The lowest BCUT2D eigenvalue weighted by Gasteiger charge is -2.26. The van der Waals surface area contributed by atoms with Crippen molar-refractivity contribution in [2.24, 2.45) is 5.92 Å². The molecule has 0 saturated carbocycles. The Hall–Kier alpha value is -0.545. The van der Waals surface area contributed by atoms with Crippen molar-refractivity contribution in [3.63, 3.8) is 0 Å². The molecule has 1 unspecified atom stereocenters. The van der Waals surface area contributed by atoms with Crippen molar-refractivity contribution in [3.8, 4) is 0 Å². The van der Waals surface area contributed by atoms with Crippen LogP contribution in [0.4, 0.5) is 4.79 Å². The van der Waals surface area contributed by atoms with Crippen LogP contribution in [0.5, 0.6) is 0 Å². The zero-order valence-electron chi connectivity index (χ0n) is 14.0. The van der Waals surface area contributed by atoms with Crippen LogP contribution in [0.3, 0.4) is 0 Å². The zero-order valence-corrected chi connectivity index (χ0v) is 14.0. The largest absolute Gasteiger partial charge is 0.471 e. The van der Waals surface area contributed by atoms with Gasteiger partial charge in [-0.3, -0.25) is 4.79 Å². The Bertz CT molecular complexity index is 295. The molecule has 117 valence electrons. The first-order valence-corrected chi connectivity index (χ1v) is 7.34. The van der Waals surface area contributed by atoms with E-state index in [2.05, 4.69) is 13.8 Å². The Morgan fingerprint density at radius 1 is 1.20 bits per heavy atom. The Labute approximate surface area is 124 Å². The van der Waals surface area contributed by atoms with Gasteiger partial charge in [-0.15, -0.1) is 0 Å². The van der Waals surface area contributed by atoms with Crippen LogP contribution in [0.25, 0.3) is 0 Å². The fraction of sp³-hybridized carbons (Fsp3) is 0.933. The molecule has 0 saturated heterocycles. The Balaban J connectivity index is 4.09. The lowest BCUT2D eigenvalue weighted by atomic mass is 9.62. The minimum atomic E-state index is -0.762. The van der Waals surface area contributed by atoms with Gasteiger partial charge in [-0.25, -0.2) is 0 Å². The summed E-state index contributed by atoms with van der Waals surface area (Å²) >= 11 is 0. The zero-order chi connectivity index (χ0) is 16.0. The molecular weight excluding hydrogens is 255 g/mol. The quantitative estimate of drug-likeness (QED) is 0.661. The number of aliphatic hydroxyl groups is 1. The maximum absolute atomic E-state index is 11.8. The third-order valence-electron chi connectivity index (χ3n) is 2.77. The molecule has 0 bridgehead atoms. The van der Waals surface area contributed by atoms with Crippen molar-refractivity contribution < 1.29 is 19.4 Å². The van der Waals surface area contributed by atoms with E-state index >= 15 is 0 Å². The molecule has 1 N–H and O–H groups in total. The van der Waals surface area contributed by atoms with Crippen LogP contribution < -0.4 is 0 Å². The molecule has 0 rings (SSSR count). The molecule has 1 radical (unpaired) electrons. The van der Waals surface area contributed by atoms with Crippen molar-refractivity contribution in [2.45, 2.75) is 78.5 Å². The van der Waals surface area contributed by atoms with Gasteiger partial charge < -0.3 is 14.6 Å². The second-order valence-corrected chi connectivity index (χ2v) is 7.04. The predicted molar refractivity (Wildman–Crippen MR) is 82.1 cm³/mol. The molecule has 0 aliphatic heterocycles. The highest BCUT2D eigenvalue weighted by Crippen LogP contribution is 2.14. The normalized spacial score (nSPS) is 14.2. The summed E-state index contributed by atoms with van der Waals surface area (Å²) in [4.78, 5) is 11.8. The molecular formula is C15H30BO4. The van der Waals surface area contributed by atoms with Crippen molar-refractivity contribution in [3.05, 3.63) is 0 Å². The molecule has 4 nitrogen and oxygen atoms in total. The molecule has 0 aromatic carbocycles. The molecule has 0 aliphatic rings. The molecule has 5 heteroatoms. The minimum absolute atomic E-state index is 0.0917. The highest BCUT2D eigenvalue weighted by Gasteiger charge is 2.28. The molecule has 0 aliphatic carbocycles. The standard InChI is InChI=1S/C15H30BO4/c1-11(2)10-12(3)20-13(17)16-15(6,7)19-9-8-14(4,5)18/h11-12,18H,8-10H2,1-7H3. The van der Waals surface area contributed by atoms with Crippen molar-refractivity contribution in [1.82, 2.24) is 0 Å². The summed E-state index contributed by atoms with van der Waals surface area (Å²) in [7, 11) is 1.45. The van der Waals surface area contributed by atoms with E-state index in [1.54, 1.807) is 13.8 Å². The third kappa shape index (κ3) is 11.3. The van der Waals surface area contributed by atoms with Gasteiger partial charge in [-0.05, 0) is 53.4 Å². The second kappa shape index (κ2) is 8.03. The molecule has 1 atom stereocenters. The number of hydrogen-bond acceptors (Lipinski definition) is 4. The number of carbonyl (C=O) groups excluding carboxylic acids is 1. The van der Waals surface area contributed by atoms with E-state index in [1.165, 1.54) is 7.28 Å². The van der Waals surface area contributed by atoms with Crippen LogP contribution in [0, 0.1) is 5.92 Å². The smallest absolute Gasteiger partial charge is 0.300 e. The van der Waals surface area contributed by atoms with Crippen molar-refractivity contribution in [1.29, 1.82) is 0 Å². The molecule has 0 aromatic rings. The van der Waals surface area contributed by atoms with Crippen LogP contribution in [0.15, 0.2) is 0 Å². The second-order valence-electron chi connectivity index (χ2n) is 7.04. The minimum Gasteiger partial charge on any atom is -0.471 e. The topological polar surface area (TPSA) is 55.8 Å². The molecule has 0 fully saturated rings. The van der Waals surface area contributed by atoms with Gasteiger partial charge in [0.15, 0.2) is 0 Å². The van der Waals surface area contributed by atoms with Crippen LogP contribution in [0.2, 0.25) is 0 Å². The molecule has 0 spiro atoms.